The van der Waals surface area contributed by atoms with Gasteiger partial charge in [0.25, 0.3) is 0 Å². The average molecular weight is 314 g/mol. The van der Waals surface area contributed by atoms with E-state index in [1.54, 1.807) is 18.5 Å². The first-order valence-corrected chi connectivity index (χ1v) is 7.37. The van der Waals surface area contributed by atoms with Crippen molar-refractivity contribution in [1.82, 2.24) is 14.9 Å². The van der Waals surface area contributed by atoms with Gasteiger partial charge in [-0.25, -0.2) is 9.97 Å². The quantitative estimate of drug-likeness (QED) is 0.667. The van der Waals surface area contributed by atoms with Crippen LogP contribution in [0.1, 0.15) is 11.5 Å². The maximum absolute atomic E-state index is 5.81. The first-order valence-electron chi connectivity index (χ1n) is 7.00. The molecule has 0 atom stereocenters. The second kappa shape index (κ2) is 6.73. The van der Waals surface area contributed by atoms with Gasteiger partial charge in [0.15, 0.2) is 5.76 Å². The van der Waals surface area contributed by atoms with Crippen molar-refractivity contribution in [2.24, 2.45) is 0 Å². The third-order valence-electron chi connectivity index (χ3n) is 3.26. The minimum Gasteiger partial charge on any atom is -0.439 e. The van der Waals surface area contributed by atoms with Crippen LogP contribution in [0.15, 0.2) is 59.3 Å². The Balaban J connectivity index is 1.63. The van der Waals surface area contributed by atoms with Gasteiger partial charge in [0.05, 0.1) is 12.7 Å². The van der Waals surface area contributed by atoms with Gasteiger partial charge in [0.1, 0.15) is 5.15 Å². The lowest BCUT2D eigenvalue weighted by Gasteiger charge is -2.14. The van der Waals surface area contributed by atoms with Crippen LogP contribution in [0.2, 0.25) is 5.15 Å². The number of oxazole rings is 1. The normalized spacial score (nSPS) is 11.0. The van der Waals surface area contributed by atoms with E-state index >= 15 is 0 Å². The van der Waals surface area contributed by atoms with E-state index in [1.807, 2.05) is 43.4 Å². The highest BCUT2D eigenvalue weighted by Crippen LogP contribution is 2.20. The van der Waals surface area contributed by atoms with E-state index in [1.165, 1.54) is 0 Å². The molecule has 0 unspecified atom stereocenters. The van der Waals surface area contributed by atoms with Gasteiger partial charge in [-0.3, -0.25) is 4.90 Å². The molecule has 4 nitrogen and oxygen atoms in total. The average Bonchev–Trinajstić information content (AvgIpc) is 2.99. The molecule has 0 radical (unpaired) electrons. The predicted molar refractivity (Wildman–Crippen MR) is 86.4 cm³/mol. The third kappa shape index (κ3) is 3.72. The lowest BCUT2D eigenvalue weighted by molar-refractivity contribution is 0.282. The molecule has 1 aromatic carbocycles. The molecule has 5 heteroatoms. The third-order valence-corrected chi connectivity index (χ3v) is 3.48. The van der Waals surface area contributed by atoms with Gasteiger partial charge < -0.3 is 4.42 Å². The van der Waals surface area contributed by atoms with E-state index in [-0.39, 0.29) is 0 Å². The Morgan fingerprint density at radius 3 is 2.55 bits per heavy atom. The highest BCUT2D eigenvalue weighted by atomic mass is 35.5. The van der Waals surface area contributed by atoms with Crippen molar-refractivity contribution in [2.75, 3.05) is 7.05 Å². The maximum Gasteiger partial charge on any atom is 0.209 e. The summed E-state index contributed by atoms with van der Waals surface area (Å²) in [5.41, 5.74) is 2.13. The van der Waals surface area contributed by atoms with Gasteiger partial charge in [-0.1, -0.05) is 48.0 Å². The van der Waals surface area contributed by atoms with Crippen molar-refractivity contribution in [3.63, 3.8) is 0 Å². The van der Waals surface area contributed by atoms with E-state index in [0.29, 0.717) is 17.6 Å². The van der Waals surface area contributed by atoms with Crippen LogP contribution in [0.4, 0.5) is 0 Å². The number of rotatable bonds is 5. The number of hydrogen-bond acceptors (Lipinski definition) is 4. The summed E-state index contributed by atoms with van der Waals surface area (Å²) in [6.45, 7) is 1.39. The van der Waals surface area contributed by atoms with Crippen LogP contribution in [0.3, 0.4) is 0 Å². The molecule has 0 aliphatic heterocycles. The number of aromatic nitrogens is 2. The van der Waals surface area contributed by atoms with Gasteiger partial charge in [0.2, 0.25) is 5.89 Å². The van der Waals surface area contributed by atoms with Crippen LogP contribution < -0.4 is 0 Å². The zero-order valence-electron chi connectivity index (χ0n) is 12.2. The molecule has 3 aromatic rings. The number of benzene rings is 1. The second-order valence-electron chi connectivity index (χ2n) is 5.15. The van der Waals surface area contributed by atoms with E-state index in [2.05, 4.69) is 14.9 Å². The van der Waals surface area contributed by atoms with E-state index < -0.39 is 0 Å². The van der Waals surface area contributed by atoms with Crippen LogP contribution in [-0.4, -0.2) is 21.9 Å². The van der Waals surface area contributed by atoms with Gasteiger partial charge in [-0.05, 0) is 18.7 Å². The van der Waals surface area contributed by atoms with Crippen LogP contribution in [0.5, 0.6) is 0 Å². The Morgan fingerprint density at radius 1 is 1.00 bits per heavy atom. The first kappa shape index (κ1) is 14.8. The molecular formula is C17H16ClN3O. The highest BCUT2D eigenvalue weighted by molar-refractivity contribution is 6.29. The molecule has 0 aliphatic rings. The van der Waals surface area contributed by atoms with Crippen LogP contribution in [-0.2, 0) is 13.1 Å². The molecule has 2 aromatic heterocycles. The molecule has 0 saturated carbocycles. The largest absolute Gasteiger partial charge is 0.439 e. The number of nitrogens with zero attached hydrogens (tertiary/aromatic N) is 3. The number of hydrogen-bond donors (Lipinski definition) is 0. The summed E-state index contributed by atoms with van der Waals surface area (Å²) in [6, 6.07) is 13.7. The monoisotopic (exact) mass is 313 g/mol. The molecule has 0 amide bonds. The Morgan fingerprint density at radius 2 is 1.82 bits per heavy atom. The molecule has 0 bridgehead atoms. The summed E-state index contributed by atoms with van der Waals surface area (Å²) < 4.78 is 5.81. The van der Waals surface area contributed by atoms with Gasteiger partial charge >= 0.3 is 0 Å². The Labute approximate surface area is 134 Å². The summed E-state index contributed by atoms with van der Waals surface area (Å²) in [5.74, 6) is 1.49. The van der Waals surface area contributed by atoms with E-state index in [0.717, 1.165) is 23.4 Å². The number of pyridine rings is 1. The van der Waals surface area contributed by atoms with Gasteiger partial charge in [0, 0.05) is 18.3 Å². The van der Waals surface area contributed by atoms with Crippen molar-refractivity contribution in [2.45, 2.75) is 13.1 Å². The lowest BCUT2D eigenvalue weighted by atomic mass is 10.2. The zero-order valence-corrected chi connectivity index (χ0v) is 13.0. The number of halogens is 1. The predicted octanol–water partition coefficient (Wildman–Crippen LogP) is 4.02. The topological polar surface area (TPSA) is 42.2 Å². The molecule has 112 valence electrons. The highest BCUT2D eigenvalue weighted by Gasteiger charge is 2.09. The van der Waals surface area contributed by atoms with E-state index in [9.17, 15) is 0 Å². The molecule has 0 spiro atoms. The van der Waals surface area contributed by atoms with E-state index in [4.69, 9.17) is 16.0 Å². The fourth-order valence-electron chi connectivity index (χ4n) is 2.22. The molecule has 2 heterocycles. The Hall–Kier alpha value is -2.17. The lowest BCUT2D eigenvalue weighted by Crippen LogP contribution is -2.17. The van der Waals surface area contributed by atoms with Crippen molar-refractivity contribution < 1.29 is 4.42 Å². The van der Waals surface area contributed by atoms with Crippen LogP contribution in [0, 0.1) is 0 Å². The van der Waals surface area contributed by atoms with Crippen LogP contribution >= 0.6 is 11.6 Å². The van der Waals surface area contributed by atoms with Crippen molar-refractivity contribution in [3.05, 3.63) is 71.5 Å². The fourth-order valence-corrected chi connectivity index (χ4v) is 2.33. The minimum absolute atomic E-state index is 0.506. The molecule has 0 saturated heterocycles. The second-order valence-corrected chi connectivity index (χ2v) is 5.53. The fraction of sp³-hybridized carbons (Fsp3) is 0.176. The SMILES string of the molecule is CN(Cc1ccc(Cl)nc1)Cc1ncc(-c2ccccc2)o1. The summed E-state index contributed by atoms with van der Waals surface area (Å²) in [7, 11) is 2.01. The summed E-state index contributed by atoms with van der Waals surface area (Å²) in [6.07, 6.45) is 3.55. The standard InChI is InChI=1S/C17H16ClN3O/c1-21(11-13-7-8-16(18)19-9-13)12-17-20-10-15(22-17)14-5-3-2-4-6-14/h2-10H,11-12H2,1H3. The molecule has 0 N–H and O–H groups in total. The van der Waals surface area contributed by atoms with Crippen LogP contribution in [0.25, 0.3) is 11.3 Å². The smallest absolute Gasteiger partial charge is 0.209 e. The molecule has 0 aliphatic carbocycles. The van der Waals surface area contributed by atoms with Crippen molar-refractivity contribution in [3.8, 4) is 11.3 Å². The summed E-state index contributed by atoms with van der Waals surface area (Å²) in [4.78, 5) is 10.5. The minimum atomic E-state index is 0.506. The van der Waals surface area contributed by atoms with Gasteiger partial charge in [-0.15, -0.1) is 0 Å². The summed E-state index contributed by atoms with van der Waals surface area (Å²) in [5, 5.41) is 0.506. The summed E-state index contributed by atoms with van der Waals surface area (Å²) >= 11 is 5.79. The zero-order chi connectivity index (χ0) is 15.4. The van der Waals surface area contributed by atoms with Gasteiger partial charge in [-0.2, -0.15) is 0 Å². The van der Waals surface area contributed by atoms with Crippen molar-refractivity contribution >= 4 is 11.6 Å². The molecule has 22 heavy (non-hydrogen) atoms. The molecule has 3 rings (SSSR count). The maximum atomic E-state index is 5.81. The molecule has 0 fully saturated rings. The Bertz CT molecular complexity index is 725. The molecular weight excluding hydrogens is 298 g/mol. The van der Waals surface area contributed by atoms with Crippen molar-refractivity contribution in [1.29, 1.82) is 0 Å². The Kier molecular flexibility index (Phi) is 4.51. The first-order chi connectivity index (χ1) is 10.7.